The van der Waals surface area contributed by atoms with Gasteiger partial charge in [0.05, 0.1) is 12.8 Å². The van der Waals surface area contributed by atoms with E-state index in [2.05, 4.69) is 20.7 Å². The third-order valence-corrected chi connectivity index (χ3v) is 3.99. The average Bonchev–Trinajstić information content (AvgIpc) is 2.63. The van der Waals surface area contributed by atoms with Gasteiger partial charge in [-0.15, -0.1) is 0 Å². The van der Waals surface area contributed by atoms with Crippen LogP contribution in [-0.4, -0.2) is 19.1 Å². The molecule has 0 bridgehead atoms. The van der Waals surface area contributed by atoms with Crippen molar-refractivity contribution in [3.63, 3.8) is 0 Å². The molecule has 6 nitrogen and oxygen atoms in total. The van der Waals surface area contributed by atoms with Crippen molar-refractivity contribution in [2.45, 2.75) is 13.0 Å². The van der Waals surface area contributed by atoms with E-state index >= 15 is 0 Å². The highest BCUT2D eigenvalue weighted by Gasteiger charge is 2.29. The van der Waals surface area contributed by atoms with Gasteiger partial charge in [0.25, 0.3) is 5.91 Å². The Kier molecular flexibility index (Phi) is 4.70. The van der Waals surface area contributed by atoms with Crippen LogP contribution in [0.2, 0.25) is 0 Å². The number of hydrogen-bond acceptors (Lipinski definition) is 4. The maximum Gasteiger partial charge on any atom is 0.411 e. The molecule has 0 radical (unpaired) electrons. The summed E-state index contributed by atoms with van der Waals surface area (Å²) in [5, 5.41) is 8.84. The molecule has 128 valence electrons. The standard InChI is InChI=1S/C19H19N3O3/c1-12-16(13-8-4-3-5-9-13)22-17(18(23)20-12)14-10-6-7-11-15(14)21-19(24)25-2/h3-11,17,22H,1-2H3,(H,20,23)(H,21,24). The summed E-state index contributed by atoms with van der Waals surface area (Å²) in [7, 11) is 1.29. The first-order valence-electron chi connectivity index (χ1n) is 7.87. The molecule has 0 aliphatic carbocycles. The van der Waals surface area contributed by atoms with E-state index in [-0.39, 0.29) is 5.91 Å². The van der Waals surface area contributed by atoms with Crippen molar-refractivity contribution in [1.82, 2.24) is 10.6 Å². The van der Waals surface area contributed by atoms with Crippen molar-refractivity contribution < 1.29 is 14.3 Å². The van der Waals surface area contributed by atoms with Crippen LogP contribution in [0.1, 0.15) is 24.1 Å². The van der Waals surface area contributed by atoms with E-state index in [0.29, 0.717) is 11.3 Å². The molecule has 0 saturated heterocycles. The average molecular weight is 337 g/mol. The number of methoxy groups -OCH3 is 1. The van der Waals surface area contributed by atoms with E-state index in [1.165, 1.54) is 7.11 Å². The lowest BCUT2D eigenvalue weighted by molar-refractivity contribution is -0.122. The molecule has 1 atom stereocenters. The number of benzene rings is 2. The first kappa shape index (κ1) is 16.6. The Morgan fingerprint density at radius 3 is 2.48 bits per heavy atom. The van der Waals surface area contributed by atoms with Crippen LogP contribution < -0.4 is 16.0 Å². The number of ether oxygens (including phenoxy) is 1. The fraction of sp³-hybridized carbons (Fsp3) is 0.158. The molecule has 25 heavy (non-hydrogen) atoms. The molecule has 2 aromatic rings. The minimum absolute atomic E-state index is 0.184. The summed E-state index contributed by atoms with van der Waals surface area (Å²) in [5.74, 6) is -0.184. The normalized spacial score (nSPS) is 16.7. The Balaban J connectivity index is 1.96. The molecule has 0 aromatic heterocycles. The lowest BCUT2D eigenvalue weighted by Gasteiger charge is -2.29. The lowest BCUT2D eigenvalue weighted by Crippen LogP contribution is -2.42. The summed E-state index contributed by atoms with van der Waals surface area (Å²) in [4.78, 5) is 24.1. The maximum atomic E-state index is 12.5. The number of carbonyl (C=O) groups excluding carboxylic acids is 2. The molecule has 1 aliphatic rings. The van der Waals surface area contributed by atoms with E-state index in [0.717, 1.165) is 17.0 Å². The second-order valence-corrected chi connectivity index (χ2v) is 5.64. The molecular weight excluding hydrogens is 318 g/mol. The summed E-state index contributed by atoms with van der Waals surface area (Å²) < 4.78 is 4.65. The highest BCUT2D eigenvalue weighted by molar-refractivity contribution is 5.94. The number of amides is 2. The Morgan fingerprint density at radius 2 is 1.76 bits per heavy atom. The van der Waals surface area contributed by atoms with Gasteiger partial charge >= 0.3 is 6.09 Å². The second-order valence-electron chi connectivity index (χ2n) is 5.64. The predicted molar refractivity (Wildman–Crippen MR) is 95.5 cm³/mol. The SMILES string of the molecule is COC(=O)Nc1ccccc1C1NC(c2ccccc2)=C(C)NC1=O. The Hall–Kier alpha value is -3.28. The Bertz CT molecular complexity index is 831. The minimum Gasteiger partial charge on any atom is -0.453 e. The molecule has 3 rings (SSSR count). The summed E-state index contributed by atoms with van der Waals surface area (Å²) >= 11 is 0. The summed E-state index contributed by atoms with van der Waals surface area (Å²) in [6.07, 6.45) is -0.585. The fourth-order valence-corrected chi connectivity index (χ4v) is 2.78. The third kappa shape index (κ3) is 3.47. The topological polar surface area (TPSA) is 79.5 Å². The van der Waals surface area contributed by atoms with Gasteiger partial charge in [-0.3, -0.25) is 10.1 Å². The highest BCUT2D eigenvalue weighted by atomic mass is 16.5. The van der Waals surface area contributed by atoms with E-state index in [9.17, 15) is 9.59 Å². The van der Waals surface area contributed by atoms with Crippen LogP contribution in [0.25, 0.3) is 5.70 Å². The van der Waals surface area contributed by atoms with Gasteiger partial charge in [0.1, 0.15) is 6.04 Å². The van der Waals surface area contributed by atoms with Crippen LogP contribution in [0.5, 0.6) is 0 Å². The largest absolute Gasteiger partial charge is 0.453 e. The van der Waals surface area contributed by atoms with Gasteiger partial charge < -0.3 is 15.4 Å². The van der Waals surface area contributed by atoms with Gasteiger partial charge in [-0.2, -0.15) is 0 Å². The molecule has 3 N–H and O–H groups in total. The zero-order chi connectivity index (χ0) is 17.8. The number of anilines is 1. The van der Waals surface area contributed by atoms with Gasteiger partial charge in [0.2, 0.25) is 0 Å². The molecular formula is C19H19N3O3. The van der Waals surface area contributed by atoms with E-state index in [1.54, 1.807) is 18.2 Å². The molecule has 2 amide bonds. The minimum atomic E-state index is -0.632. The number of hydrogen-bond donors (Lipinski definition) is 3. The number of carbonyl (C=O) groups is 2. The number of nitrogens with one attached hydrogen (secondary N) is 3. The van der Waals surface area contributed by atoms with Crippen molar-refractivity contribution in [3.8, 4) is 0 Å². The van der Waals surface area contributed by atoms with E-state index in [1.807, 2.05) is 43.3 Å². The number of allylic oxidation sites excluding steroid dienone is 1. The molecule has 2 aromatic carbocycles. The van der Waals surface area contributed by atoms with E-state index in [4.69, 9.17) is 0 Å². The molecule has 1 aliphatic heterocycles. The molecule has 0 saturated carbocycles. The van der Waals surface area contributed by atoms with Gasteiger partial charge in [0.15, 0.2) is 0 Å². The van der Waals surface area contributed by atoms with Crippen molar-refractivity contribution in [2.24, 2.45) is 0 Å². The van der Waals surface area contributed by atoms with Crippen LogP contribution in [0, 0.1) is 0 Å². The molecule has 6 heteroatoms. The van der Waals surface area contributed by atoms with Gasteiger partial charge in [-0.25, -0.2) is 4.79 Å². The lowest BCUT2D eigenvalue weighted by atomic mass is 9.99. The maximum absolute atomic E-state index is 12.5. The monoisotopic (exact) mass is 337 g/mol. The fourth-order valence-electron chi connectivity index (χ4n) is 2.78. The zero-order valence-electron chi connectivity index (χ0n) is 14.0. The first-order chi connectivity index (χ1) is 12.1. The molecule has 0 fully saturated rings. The van der Waals surface area contributed by atoms with Crippen molar-refractivity contribution in [2.75, 3.05) is 12.4 Å². The van der Waals surface area contributed by atoms with Crippen molar-refractivity contribution >= 4 is 23.4 Å². The summed E-state index contributed by atoms with van der Waals surface area (Å²) in [6, 6.07) is 16.3. The van der Waals surface area contributed by atoms with Crippen molar-refractivity contribution in [3.05, 3.63) is 71.4 Å². The number of rotatable bonds is 3. The Labute approximate surface area is 145 Å². The summed E-state index contributed by atoms with van der Waals surface area (Å²) in [5.41, 5.74) is 3.76. The third-order valence-electron chi connectivity index (χ3n) is 3.99. The zero-order valence-corrected chi connectivity index (χ0v) is 14.0. The second kappa shape index (κ2) is 7.09. The predicted octanol–water partition coefficient (Wildman–Crippen LogP) is 3.01. The molecule has 0 spiro atoms. The van der Waals surface area contributed by atoms with Crippen LogP contribution in [0.3, 0.4) is 0 Å². The Morgan fingerprint density at radius 1 is 1.08 bits per heavy atom. The summed E-state index contributed by atoms with van der Waals surface area (Å²) in [6.45, 7) is 1.85. The quantitative estimate of drug-likeness (QED) is 0.804. The highest BCUT2D eigenvalue weighted by Crippen LogP contribution is 2.29. The molecule has 1 unspecified atom stereocenters. The van der Waals surface area contributed by atoms with Crippen LogP contribution in [0.4, 0.5) is 10.5 Å². The first-order valence-corrected chi connectivity index (χ1v) is 7.87. The van der Waals surface area contributed by atoms with Crippen molar-refractivity contribution in [1.29, 1.82) is 0 Å². The van der Waals surface area contributed by atoms with Gasteiger partial charge in [-0.05, 0) is 18.6 Å². The van der Waals surface area contributed by atoms with Gasteiger partial charge in [-0.1, -0.05) is 48.5 Å². The van der Waals surface area contributed by atoms with Crippen LogP contribution >= 0.6 is 0 Å². The van der Waals surface area contributed by atoms with Gasteiger partial charge in [0, 0.05) is 16.9 Å². The smallest absolute Gasteiger partial charge is 0.411 e. The van der Waals surface area contributed by atoms with Crippen LogP contribution in [-0.2, 0) is 9.53 Å². The van der Waals surface area contributed by atoms with E-state index < -0.39 is 12.1 Å². The molecule has 1 heterocycles. The van der Waals surface area contributed by atoms with Crippen LogP contribution in [0.15, 0.2) is 60.3 Å². The number of para-hydroxylation sites is 1.